The Kier molecular flexibility index (Phi) is 8.62. The Balaban J connectivity index is 1.89. The van der Waals surface area contributed by atoms with E-state index >= 15 is 0 Å². The quantitative estimate of drug-likeness (QED) is 0.567. The third kappa shape index (κ3) is 8.59. The normalized spacial score (nSPS) is 17.3. The van der Waals surface area contributed by atoms with Crippen molar-refractivity contribution in [1.29, 1.82) is 0 Å². The van der Waals surface area contributed by atoms with Crippen LogP contribution in [0.3, 0.4) is 0 Å². The molecule has 1 heterocycles. The number of hydrogen-bond donors (Lipinski definition) is 1. The lowest BCUT2D eigenvalue weighted by molar-refractivity contribution is -0.154. The zero-order chi connectivity index (χ0) is 23.1. The van der Waals surface area contributed by atoms with Gasteiger partial charge in [-0.15, -0.1) is 0 Å². The Morgan fingerprint density at radius 2 is 1.81 bits per heavy atom. The number of rotatable bonds is 9. The maximum absolute atomic E-state index is 13.1. The van der Waals surface area contributed by atoms with Crippen molar-refractivity contribution in [2.45, 2.75) is 62.6 Å². The van der Waals surface area contributed by atoms with Crippen LogP contribution < -0.4 is 4.74 Å². The number of hydrogen-bond acceptors (Lipinski definition) is 7. The molecule has 1 fully saturated rings. The summed E-state index contributed by atoms with van der Waals surface area (Å²) < 4.78 is 54.3. The molecule has 0 amide bonds. The topological polar surface area (TPSA) is 99.1 Å². The molecule has 0 radical (unpaired) electrons. The van der Waals surface area contributed by atoms with Crippen molar-refractivity contribution in [3.8, 4) is 5.75 Å². The summed E-state index contributed by atoms with van der Waals surface area (Å²) in [5.41, 5.74) is -1.61. The average molecular weight is 459 g/mol. The van der Waals surface area contributed by atoms with Crippen LogP contribution in [0.15, 0.2) is 41.1 Å². The molecule has 1 aromatic rings. The monoisotopic (exact) mass is 458 g/mol. The van der Waals surface area contributed by atoms with E-state index in [1.54, 1.807) is 20.8 Å². The largest absolute Gasteiger partial charge is 0.489 e. The zero-order valence-corrected chi connectivity index (χ0v) is 19.0. The first-order valence-electron chi connectivity index (χ1n) is 10.2. The van der Waals surface area contributed by atoms with Gasteiger partial charge in [0.2, 0.25) is 0 Å². The SMILES string of the molecule is CC(C)(C)OC(=O)CC/C(=C\F)COc1ccc(S(=O)(=O)CC2(O)CCOCC2)cc1. The lowest BCUT2D eigenvalue weighted by atomic mass is 9.97. The predicted molar refractivity (Wildman–Crippen MR) is 113 cm³/mol. The van der Waals surface area contributed by atoms with E-state index in [1.807, 2.05) is 0 Å². The summed E-state index contributed by atoms with van der Waals surface area (Å²) in [6.45, 7) is 5.86. The van der Waals surface area contributed by atoms with Crippen LogP contribution in [0.4, 0.5) is 4.39 Å². The number of carbonyl (C=O) groups excluding carboxylic acids is 1. The second kappa shape index (κ2) is 10.6. The van der Waals surface area contributed by atoms with Gasteiger partial charge in [-0.2, -0.15) is 0 Å². The summed E-state index contributed by atoms with van der Waals surface area (Å²) in [7, 11) is -3.69. The number of benzene rings is 1. The van der Waals surface area contributed by atoms with Crippen molar-refractivity contribution >= 4 is 15.8 Å². The van der Waals surface area contributed by atoms with E-state index in [9.17, 15) is 22.7 Å². The van der Waals surface area contributed by atoms with Gasteiger partial charge in [-0.25, -0.2) is 12.8 Å². The van der Waals surface area contributed by atoms with Gasteiger partial charge < -0.3 is 19.3 Å². The number of sulfone groups is 1. The van der Waals surface area contributed by atoms with Gasteiger partial charge in [0.1, 0.15) is 18.0 Å². The second-order valence-electron chi connectivity index (χ2n) is 8.71. The highest BCUT2D eigenvalue weighted by Gasteiger charge is 2.35. The van der Waals surface area contributed by atoms with Gasteiger partial charge >= 0.3 is 5.97 Å². The minimum atomic E-state index is -3.69. The maximum atomic E-state index is 13.1. The smallest absolute Gasteiger partial charge is 0.306 e. The molecule has 174 valence electrons. The molecule has 0 aromatic heterocycles. The third-order valence-corrected chi connectivity index (χ3v) is 6.62. The standard InChI is InChI=1S/C22H31FO7S/c1-21(2,3)30-20(24)9-4-17(14-23)15-29-18-5-7-19(8-6-18)31(26,27)16-22(25)10-12-28-13-11-22/h5-8,14,25H,4,9-13,15-16H2,1-3H3/b17-14+. The molecule has 0 spiro atoms. The Bertz CT molecular complexity index is 864. The minimum absolute atomic E-state index is 0.0293. The highest BCUT2D eigenvalue weighted by atomic mass is 32.2. The molecular formula is C22H31FO7S. The van der Waals surface area contributed by atoms with Crippen molar-refractivity contribution in [2.75, 3.05) is 25.6 Å². The molecule has 9 heteroatoms. The highest BCUT2D eigenvalue weighted by molar-refractivity contribution is 7.91. The molecule has 0 aliphatic carbocycles. The summed E-state index contributed by atoms with van der Waals surface area (Å²) in [5.74, 6) is -0.434. The Labute approximate surface area is 183 Å². The molecule has 2 rings (SSSR count). The average Bonchev–Trinajstić information content (AvgIpc) is 2.67. The third-order valence-electron chi connectivity index (χ3n) is 4.71. The summed E-state index contributed by atoms with van der Waals surface area (Å²) >= 11 is 0. The van der Waals surface area contributed by atoms with Gasteiger partial charge in [-0.05, 0) is 57.0 Å². The van der Waals surface area contributed by atoms with Crippen LogP contribution >= 0.6 is 0 Å². The molecule has 0 atom stereocenters. The molecule has 1 N–H and O–H groups in total. The first kappa shape index (κ1) is 25.3. The molecule has 31 heavy (non-hydrogen) atoms. The molecule has 1 saturated heterocycles. The highest BCUT2D eigenvalue weighted by Crippen LogP contribution is 2.26. The van der Waals surface area contributed by atoms with Crippen LogP contribution in [0.1, 0.15) is 46.5 Å². The van der Waals surface area contributed by atoms with Crippen LogP contribution in [0.2, 0.25) is 0 Å². The Morgan fingerprint density at radius 3 is 2.35 bits per heavy atom. The van der Waals surface area contributed by atoms with Crippen molar-refractivity contribution in [3.63, 3.8) is 0 Å². The van der Waals surface area contributed by atoms with Crippen LogP contribution in [0.25, 0.3) is 0 Å². The molecular weight excluding hydrogens is 427 g/mol. The maximum Gasteiger partial charge on any atom is 0.306 e. The number of halogens is 1. The predicted octanol–water partition coefficient (Wildman–Crippen LogP) is 3.36. The van der Waals surface area contributed by atoms with E-state index in [1.165, 1.54) is 24.3 Å². The van der Waals surface area contributed by atoms with Crippen molar-refractivity contribution in [3.05, 3.63) is 36.2 Å². The van der Waals surface area contributed by atoms with Gasteiger partial charge in [-0.1, -0.05) is 0 Å². The van der Waals surface area contributed by atoms with Gasteiger partial charge in [0.25, 0.3) is 0 Å². The fraction of sp³-hybridized carbons (Fsp3) is 0.591. The number of ether oxygens (including phenoxy) is 3. The van der Waals surface area contributed by atoms with E-state index in [0.29, 0.717) is 25.3 Å². The van der Waals surface area contributed by atoms with E-state index in [0.717, 1.165) is 0 Å². The Morgan fingerprint density at radius 1 is 1.19 bits per heavy atom. The van der Waals surface area contributed by atoms with Crippen molar-refractivity contribution < 1.29 is 36.9 Å². The van der Waals surface area contributed by atoms with Crippen LogP contribution in [0, 0.1) is 0 Å². The first-order valence-corrected chi connectivity index (χ1v) is 11.8. The van der Waals surface area contributed by atoms with Crippen LogP contribution in [-0.4, -0.2) is 56.3 Å². The fourth-order valence-electron chi connectivity index (χ4n) is 3.07. The lowest BCUT2D eigenvalue weighted by Crippen LogP contribution is -2.42. The van der Waals surface area contributed by atoms with Gasteiger partial charge in [-0.3, -0.25) is 4.79 Å². The number of aliphatic hydroxyl groups is 1. The van der Waals surface area contributed by atoms with Crippen molar-refractivity contribution in [1.82, 2.24) is 0 Å². The van der Waals surface area contributed by atoms with E-state index in [2.05, 4.69) is 0 Å². The number of carbonyl (C=O) groups is 1. The fourth-order valence-corrected chi connectivity index (χ4v) is 4.78. The minimum Gasteiger partial charge on any atom is -0.489 e. The summed E-state index contributed by atoms with van der Waals surface area (Å²) in [6, 6.07) is 5.75. The molecule has 7 nitrogen and oxygen atoms in total. The van der Waals surface area contributed by atoms with E-state index in [4.69, 9.17) is 14.2 Å². The number of esters is 1. The Hall–Kier alpha value is -1.97. The lowest BCUT2D eigenvalue weighted by Gasteiger charge is -2.31. The van der Waals surface area contributed by atoms with Gasteiger partial charge in [0.15, 0.2) is 9.84 Å². The van der Waals surface area contributed by atoms with Crippen molar-refractivity contribution in [2.24, 2.45) is 0 Å². The first-order chi connectivity index (χ1) is 14.4. The van der Waals surface area contributed by atoms with E-state index < -0.39 is 27.0 Å². The summed E-state index contributed by atoms with van der Waals surface area (Å²) in [6.07, 6.45) is 1.13. The molecule has 0 bridgehead atoms. The second-order valence-corrected chi connectivity index (χ2v) is 10.7. The van der Waals surface area contributed by atoms with E-state index in [-0.39, 0.29) is 48.5 Å². The molecule has 1 aliphatic rings. The molecule has 0 unspecified atom stereocenters. The summed E-state index contributed by atoms with van der Waals surface area (Å²) in [4.78, 5) is 11.8. The molecule has 0 saturated carbocycles. The molecule has 1 aromatic carbocycles. The molecule has 1 aliphatic heterocycles. The van der Waals surface area contributed by atoms with Crippen LogP contribution in [-0.2, 0) is 24.1 Å². The van der Waals surface area contributed by atoms with Crippen LogP contribution in [0.5, 0.6) is 5.75 Å². The summed E-state index contributed by atoms with van der Waals surface area (Å²) in [5, 5.41) is 10.5. The van der Waals surface area contributed by atoms with Gasteiger partial charge in [0.05, 0.1) is 22.6 Å². The zero-order valence-electron chi connectivity index (χ0n) is 18.2. The van der Waals surface area contributed by atoms with Gasteiger partial charge in [0, 0.05) is 32.5 Å².